The largest absolute Gasteiger partial charge is 0.508 e. The van der Waals surface area contributed by atoms with Gasteiger partial charge >= 0.3 is 0 Å². The summed E-state index contributed by atoms with van der Waals surface area (Å²) >= 11 is 0. The average Bonchev–Trinajstić information content (AvgIpc) is 2.34. The normalized spacial score (nSPS) is 11.2. The van der Waals surface area contributed by atoms with Crippen molar-refractivity contribution in [1.82, 2.24) is 0 Å². The fraction of sp³-hybridized carbons (Fsp3) is 0.333. The number of rotatable bonds is 5. The molecule has 0 saturated heterocycles. The lowest BCUT2D eigenvalue weighted by molar-refractivity contribution is 0.242. The molecule has 0 radical (unpaired) electrons. The molecule has 0 aliphatic rings. The number of ether oxygens (including phenoxy) is 2. The minimum absolute atomic E-state index is 0.287. The van der Waals surface area contributed by atoms with Crippen molar-refractivity contribution >= 4 is 5.76 Å². The third-order valence-corrected chi connectivity index (χ3v) is 2.87. The van der Waals surface area contributed by atoms with E-state index < -0.39 is 0 Å². The molecule has 1 aromatic rings. The fourth-order valence-corrected chi connectivity index (χ4v) is 1.69. The Balaban J connectivity index is 3.18. The van der Waals surface area contributed by atoms with Gasteiger partial charge in [0.1, 0.15) is 17.3 Å². The summed E-state index contributed by atoms with van der Waals surface area (Å²) in [5.74, 6) is 1.52. The molecule has 0 amide bonds. The number of allylic oxidation sites excluding steroid dienone is 1. The van der Waals surface area contributed by atoms with Crippen LogP contribution in [-0.2, 0) is 9.47 Å². The predicted molar refractivity (Wildman–Crippen MR) is 73.3 cm³/mol. The Morgan fingerprint density at radius 1 is 1.33 bits per heavy atom. The summed E-state index contributed by atoms with van der Waals surface area (Å²) in [5, 5.41) is 9.64. The van der Waals surface area contributed by atoms with Gasteiger partial charge < -0.3 is 14.6 Å². The Labute approximate surface area is 108 Å². The molecule has 0 aliphatic heterocycles. The standard InChI is InChI=1S/C15H20O3/c1-6-18-10(2)9-15(17-5)13-7-8-14(16)12(4)11(13)3/h7-9,16H,2,6H2,1,3-5H3/b15-9+. The molecule has 0 aromatic heterocycles. The minimum atomic E-state index is 0.287. The highest BCUT2D eigenvalue weighted by Crippen LogP contribution is 2.28. The smallest absolute Gasteiger partial charge is 0.130 e. The predicted octanol–water partition coefficient (Wildman–Crippen LogP) is 3.55. The maximum absolute atomic E-state index is 9.64. The van der Waals surface area contributed by atoms with E-state index in [1.54, 1.807) is 19.3 Å². The second kappa shape index (κ2) is 6.15. The van der Waals surface area contributed by atoms with E-state index in [0.717, 1.165) is 16.7 Å². The molecule has 0 bridgehead atoms. The summed E-state index contributed by atoms with van der Waals surface area (Å²) in [5.41, 5.74) is 2.75. The molecule has 98 valence electrons. The van der Waals surface area contributed by atoms with Crippen molar-refractivity contribution in [3.63, 3.8) is 0 Å². The van der Waals surface area contributed by atoms with E-state index in [1.165, 1.54) is 0 Å². The summed E-state index contributed by atoms with van der Waals surface area (Å²) in [7, 11) is 1.60. The van der Waals surface area contributed by atoms with Gasteiger partial charge in [-0.05, 0) is 44.0 Å². The third kappa shape index (κ3) is 3.06. The highest BCUT2D eigenvalue weighted by atomic mass is 16.5. The lowest BCUT2D eigenvalue weighted by atomic mass is 10.0. The minimum Gasteiger partial charge on any atom is -0.508 e. The van der Waals surface area contributed by atoms with Crippen LogP contribution < -0.4 is 0 Å². The zero-order chi connectivity index (χ0) is 13.7. The average molecular weight is 248 g/mol. The Morgan fingerprint density at radius 3 is 2.56 bits per heavy atom. The van der Waals surface area contributed by atoms with Crippen LogP contribution in [0.3, 0.4) is 0 Å². The molecule has 0 spiro atoms. The van der Waals surface area contributed by atoms with Crippen LogP contribution in [-0.4, -0.2) is 18.8 Å². The van der Waals surface area contributed by atoms with Gasteiger partial charge in [0.05, 0.1) is 13.7 Å². The van der Waals surface area contributed by atoms with Gasteiger partial charge in [-0.3, -0.25) is 0 Å². The summed E-state index contributed by atoms with van der Waals surface area (Å²) in [6, 6.07) is 3.49. The number of aromatic hydroxyl groups is 1. The third-order valence-electron chi connectivity index (χ3n) is 2.87. The maximum Gasteiger partial charge on any atom is 0.130 e. The highest BCUT2D eigenvalue weighted by molar-refractivity contribution is 5.67. The van der Waals surface area contributed by atoms with Crippen molar-refractivity contribution in [3.05, 3.63) is 47.2 Å². The van der Waals surface area contributed by atoms with Crippen molar-refractivity contribution in [2.75, 3.05) is 13.7 Å². The zero-order valence-electron chi connectivity index (χ0n) is 11.4. The van der Waals surface area contributed by atoms with Crippen molar-refractivity contribution < 1.29 is 14.6 Å². The number of hydrogen-bond donors (Lipinski definition) is 1. The molecule has 1 aromatic carbocycles. The van der Waals surface area contributed by atoms with Crippen LogP contribution in [0.2, 0.25) is 0 Å². The number of hydrogen-bond acceptors (Lipinski definition) is 3. The summed E-state index contributed by atoms with van der Waals surface area (Å²) in [6.45, 7) is 10.1. The molecule has 18 heavy (non-hydrogen) atoms. The van der Waals surface area contributed by atoms with E-state index in [9.17, 15) is 5.11 Å². The van der Waals surface area contributed by atoms with Crippen LogP contribution >= 0.6 is 0 Å². The van der Waals surface area contributed by atoms with Crippen LogP contribution in [0.15, 0.2) is 30.5 Å². The quantitative estimate of drug-likeness (QED) is 0.639. The molecular weight excluding hydrogens is 228 g/mol. The number of benzene rings is 1. The molecule has 0 saturated carbocycles. The lowest BCUT2D eigenvalue weighted by Gasteiger charge is -2.13. The molecule has 0 unspecified atom stereocenters. The van der Waals surface area contributed by atoms with Crippen LogP contribution in [0.4, 0.5) is 0 Å². The van der Waals surface area contributed by atoms with Gasteiger partial charge in [0.15, 0.2) is 0 Å². The van der Waals surface area contributed by atoms with Crippen molar-refractivity contribution in [2.24, 2.45) is 0 Å². The first-order valence-corrected chi connectivity index (χ1v) is 5.88. The first-order valence-electron chi connectivity index (χ1n) is 5.88. The molecule has 0 heterocycles. The molecular formula is C15H20O3. The van der Waals surface area contributed by atoms with Gasteiger partial charge in [-0.1, -0.05) is 6.58 Å². The Bertz CT molecular complexity index is 473. The monoisotopic (exact) mass is 248 g/mol. The molecule has 3 heteroatoms. The first-order chi connectivity index (χ1) is 8.51. The fourth-order valence-electron chi connectivity index (χ4n) is 1.69. The van der Waals surface area contributed by atoms with E-state index in [-0.39, 0.29) is 5.75 Å². The second-order valence-corrected chi connectivity index (χ2v) is 3.99. The van der Waals surface area contributed by atoms with Crippen molar-refractivity contribution in [2.45, 2.75) is 20.8 Å². The van der Waals surface area contributed by atoms with Crippen molar-refractivity contribution in [3.8, 4) is 5.75 Å². The van der Waals surface area contributed by atoms with Gasteiger partial charge in [0.2, 0.25) is 0 Å². The van der Waals surface area contributed by atoms with Crippen LogP contribution in [0.1, 0.15) is 23.6 Å². The SMILES string of the molecule is C=C(/C=C(/OC)c1ccc(O)c(C)c1C)OCC. The molecule has 3 nitrogen and oxygen atoms in total. The summed E-state index contributed by atoms with van der Waals surface area (Å²) in [6.07, 6.45) is 1.75. The Hall–Kier alpha value is -1.90. The van der Waals surface area contributed by atoms with E-state index in [2.05, 4.69) is 6.58 Å². The van der Waals surface area contributed by atoms with Crippen LogP contribution in [0.25, 0.3) is 5.76 Å². The molecule has 0 aliphatic carbocycles. The number of phenolic OH excluding ortho intramolecular Hbond substituents is 1. The summed E-state index contributed by atoms with van der Waals surface area (Å²) < 4.78 is 10.7. The van der Waals surface area contributed by atoms with E-state index in [1.807, 2.05) is 26.8 Å². The van der Waals surface area contributed by atoms with Gasteiger partial charge in [0, 0.05) is 11.6 Å². The Kier molecular flexibility index (Phi) is 4.84. The molecule has 0 fully saturated rings. The molecule has 1 N–H and O–H groups in total. The lowest BCUT2D eigenvalue weighted by Crippen LogP contribution is -1.96. The van der Waals surface area contributed by atoms with Gasteiger partial charge in [-0.25, -0.2) is 0 Å². The topological polar surface area (TPSA) is 38.7 Å². The van der Waals surface area contributed by atoms with Gasteiger partial charge in [-0.15, -0.1) is 0 Å². The Morgan fingerprint density at radius 2 is 2.00 bits per heavy atom. The number of phenols is 1. The van der Waals surface area contributed by atoms with E-state index in [0.29, 0.717) is 18.1 Å². The maximum atomic E-state index is 9.64. The van der Waals surface area contributed by atoms with Crippen LogP contribution in [0, 0.1) is 13.8 Å². The van der Waals surface area contributed by atoms with E-state index in [4.69, 9.17) is 9.47 Å². The van der Waals surface area contributed by atoms with Gasteiger partial charge in [0.25, 0.3) is 0 Å². The van der Waals surface area contributed by atoms with Crippen molar-refractivity contribution in [1.29, 1.82) is 0 Å². The van der Waals surface area contributed by atoms with E-state index >= 15 is 0 Å². The summed E-state index contributed by atoms with van der Waals surface area (Å²) in [4.78, 5) is 0. The first kappa shape index (κ1) is 14.2. The van der Waals surface area contributed by atoms with Gasteiger partial charge in [-0.2, -0.15) is 0 Å². The number of methoxy groups -OCH3 is 1. The molecule has 0 atom stereocenters. The second-order valence-electron chi connectivity index (χ2n) is 3.99. The van der Waals surface area contributed by atoms with Crippen LogP contribution in [0.5, 0.6) is 5.75 Å². The highest BCUT2D eigenvalue weighted by Gasteiger charge is 2.10. The zero-order valence-corrected chi connectivity index (χ0v) is 11.4. The molecule has 1 rings (SSSR count).